The van der Waals surface area contributed by atoms with Crippen LogP contribution in [0.4, 0.5) is 5.95 Å². The molecule has 0 amide bonds. The second-order valence-electron chi connectivity index (χ2n) is 7.94. The van der Waals surface area contributed by atoms with Crippen molar-refractivity contribution in [3.63, 3.8) is 0 Å². The minimum atomic E-state index is -0.00588. The molecule has 1 aromatic heterocycles. The molecule has 150 valence electrons. The molecule has 28 heavy (non-hydrogen) atoms. The van der Waals surface area contributed by atoms with E-state index in [1.54, 1.807) is 12.4 Å². The van der Waals surface area contributed by atoms with Gasteiger partial charge in [-0.25, -0.2) is 9.97 Å². The van der Waals surface area contributed by atoms with Crippen LogP contribution < -0.4 is 10.2 Å². The third-order valence-corrected chi connectivity index (χ3v) is 5.21. The van der Waals surface area contributed by atoms with Gasteiger partial charge >= 0.3 is 0 Å². The van der Waals surface area contributed by atoms with E-state index in [0.29, 0.717) is 0 Å². The van der Waals surface area contributed by atoms with Crippen LogP contribution in [-0.4, -0.2) is 60.1 Å². The molecule has 1 saturated heterocycles. The van der Waals surface area contributed by atoms with Gasteiger partial charge in [0, 0.05) is 50.5 Å². The highest BCUT2D eigenvalue weighted by molar-refractivity contribution is 5.80. The number of hydrogen-bond acceptors (Lipinski definition) is 4. The van der Waals surface area contributed by atoms with Crippen LogP contribution >= 0.6 is 0 Å². The first kappa shape index (κ1) is 20.1. The Kier molecular flexibility index (Phi) is 6.49. The van der Waals surface area contributed by atoms with Crippen LogP contribution in [0.1, 0.15) is 31.9 Å². The second kappa shape index (κ2) is 9.04. The fourth-order valence-corrected chi connectivity index (χ4v) is 3.37. The van der Waals surface area contributed by atoms with Gasteiger partial charge < -0.3 is 15.1 Å². The number of aryl methyl sites for hydroxylation is 1. The summed E-state index contributed by atoms with van der Waals surface area (Å²) in [4.78, 5) is 18.3. The third-order valence-electron chi connectivity index (χ3n) is 5.21. The number of nitrogens with zero attached hydrogens (tertiary/aromatic N) is 5. The number of aliphatic imine (C=N–C) groups is 1. The average molecular weight is 381 g/mol. The van der Waals surface area contributed by atoms with Gasteiger partial charge in [0.1, 0.15) is 0 Å². The molecule has 3 rings (SSSR count). The number of guanidine groups is 1. The minimum Gasteiger partial charge on any atom is -0.357 e. The SMILES string of the molecule is CCNC(=NCC(C)(C)c1ccc(C)cc1)N1CCN(c2ncccn2)CC1. The maximum absolute atomic E-state index is 4.99. The van der Waals surface area contributed by atoms with Crippen molar-refractivity contribution in [1.82, 2.24) is 20.2 Å². The van der Waals surface area contributed by atoms with Crippen molar-refractivity contribution in [1.29, 1.82) is 0 Å². The molecule has 1 aliphatic heterocycles. The molecule has 2 heterocycles. The molecular formula is C22H32N6. The van der Waals surface area contributed by atoms with E-state index in [-0.39, 0.29) is 5.41 Å². The fraction of sp³-hybridized carbons (Fsp3) is 0.500. The van der Waals surface area contributed by atoms with E-state index >= 15 is 0 Å². The molecule has 1 aliphatic rings. The molecule has 0 spiro atoms. The number of hydrogen-bond donors (Lipinski definition) is 1. The fourth-order valence-electron chi connectivity index (χ4n) is 3.37. The van der Waals surface area contributed by atoms with Crippen LogP contribution in [0.2, 0.25) is 0 Å². The highest BCUT2D eigenvalue weighted by Crippen LogP contribution is 2.24. The number of nitrogens with one attached hydrogen (secondary N) is 1. The minimum absolute atomic E-state index is 0.00588. The molecule has 0 atom stereocenters. The maximum Gasteiger partial charge on any atom is 0.225 e. The Balaban J connectivity index is 1.65. The molecule has 0 radical (unpaired) electrons. The third kappa shape index (κ3) is 5.00. The molecule has 2 aromatic rings. The summed E-state index contributed by atoms with van der Waals surface area (Å²) in [6.45, 7) is 14.0. The first-order valence-electron chi connectivity index (χ1n) is 10.1. The van der Waals surface area contributed by atoms with E-state index < -0.39 is 0 Å². The lowest BCUT2D eigenvalue weighted by Crippen LogP contribution is -2.53. The first-order valence-corrected chi connectivity index (χ1v) is 10.1. The standard InChI is InChI=1S/C22H32N6/c1-5-23-20(26-17-22(3,4)19-9-7-18(2)8-10-19)27-13-15-28(16-14-27)21-24-11-6-12-25-21/h6-12H,5,13-17H2,1-4H3,(H,23,26). The van der Waals surface area contributed by atoms with Crippen molar-refractivity contribution in [2.75, 3.05) is 44.2 Å². The number of anilines is 1. The molecule has 0 bridgehead atoms. The smallest absolute Gasteiger partial charge is 0.225 e. The van der Waals surface area contributed by atoms with Crippen molar-refractivity contribution in [2.45, 2.75) is 33.1 Å². The highest BCUT2D eigenvalue weighted by atomic mass is 15.4. The van der Waals surface area contributed by atoms with Crippen molar-refractivity contribution >= 4 is 11.9 Å². The predicted octanol–water partition coefficient (Wildman–Crippen LogP) is 2.85. The van der Waals surface area contributed by atoms with Gasteiger partial charge in [0.15, 0.2) is 5.96 Å². The van der Waals surface area contributed by atoms with Crippen molar-refractivity contribution in [3.8, 4) is 0 Å². The van der Waals surface area contributed by atoms with Crippen LogP contribution in [0, 0.1) is 6.92 Å². The van der Waals surface area contributed by atoms with Crippen LogP contribution in [0.5, 0.6) is 0 Å². The summed E-state index contributed by atoms with van der Waals surface area (Å²) in [6.07, 6.45) is 3.60. The van der Waals surface area contributed by atoms with E-state index in [1.807, 2.05) is 6.07 Å². The summed E-state index contributed by atoms with van der Waals surface area (Å²) < 4.78 is 0. The summed E-state index contributed by atoms with van der Waals surface area (Å²) in [5.74, 6) is 1.81. The number of benzene rings is 1. The lowest BCUT2D eigenvalue weighted by Gasteiger charge is -2.37. The van der Waals surface area contributed by atoms with Crippen molar-refractivity contribution < 1.29 is 0 Å². The van der Waals surface area contributed by atoms with E-state index in [2.05, 4.69) is 77.0 Å². The Bertz CT molecular complexity index is 761. The average Bonchev–Trinajstić information content (AvgIpc) is 2.72. The molecule has 1 fully saturated rings. The van der Waals surface area contributed by atoms with E-state index in [4.69, 9.17) is 4.99 Å². The molecule has 0 unspecified atom stereocenters. The van der Waals surface area contributed by atoms with Gasteiger partial charge in [0.2, 0.25) is 5.95 Å². The molecule has 6 heteroatoms. The molecule has 0 saturated carbocycles. The number of rotatable bonds is 5. The Morgan fingerprint density at radius 1 is 1.07 bits per heavy atom. The Morgan fingerprint density at radius 2 is 1.71 bits per heavy atom. The Labute approximate surface area is 168 Å². The largest absolute Gasteiger partial charge is 0.357 e. The predicted molar refractivity (Wildman–Crippen MR) is 116 cm³/mol. The zero-order chi connectivity index (χ0) is 20.0. The van der Waals surface area contributed by atoms with Crippen LogP contribution in [-0.2, 0) is 5.41 Å². The molecular weight excluding hydrogens is 348 g/mol. The molecule has 1 N–H and O–H groups in total. The van der Waals surface area contributed by atoms with Crippen LogP contribution in [0.25, 0.3) is 0 Å². The zero-order valence-corrected chi connectivity index (χ0v) is 17.5. The van der Waals surface area contributed by atoms with E-state index in [9.17, 15) is 0 Å². The van der Waals surface area contributed by atoms with Gasteiger partial charge in [0.25, 0.3) is 0 Å². The van der Waals surface area contributed by atoms with Gasteiger partial charge in [-0.15, -0.1) is 0 Å². The lowest BCUT2D eigenvalue weighted by molar-refractivity contribution is 0.368. The Hall–Kier alpha value is -2.63. The monoisotopic (exact) mass is 380 g/mol. The second-order valence-corrected chi connectivity index (χ2v) is 7.94. The van der Waals surface area contributed by atoms with Gasteiger partial charge in [-0.05, 0) is 25.5 Å². The first-order chi connectivity index (χ1) is 13.5. The number of piperazine rings is 1. The molecule has 1 aromatic carbocycles. The van der Waals surface area contributed by atoms with Gasteiger partial charge in [-0.3, -0.25) is 4.99 Å². The number of aromatic nitrogens is 2. The van der Waals surface area contributed by atoms with Gasteiger partial charge in [0.05, 0.1) is 6.54 Å². The summed E-state index contributed by atoms with van der Waals surface area (Å²) >= 11 is 0. The van der Waals surface area contributed by atoms with Crippen molar-refractivity contribution in [2.24, 2.45) is 4.99 Å². The summed E-state index contributed by atoms with van der Waals surface area (Å²) in [5.41, 5.74) is 2.61. The van der Waals surface area contributed by atoms with E-state index in [0.717, 1.165) is 51.2 Å². The Morgan fingerprint density at radius 3 is 2.32 bits per heavy atom. The van der Waals surface area contributed by atoms with Crippen molar-refractivity contribution in [3.05, 3.63) is 53.9 Å². The topological polar surface area (TPSA) is 56.7 Å². The summed E-state index contributed by atoms with van der Waals surface area (Å²) in [6, 6.07) is 10.6. The quantitative estimate of drug-likeness (QED) is 0.638. The van der Waals surface area contributed by atoms with Gasteiger partial charge in [-0.2, -0.15) is 0 Å². The van der Waals surface area contributed by atoms with Gasteiger partial charge in [-0.1, -0.05) is 43.7 Å². The zero-order valence-electron chi connectivity index (χ0n) is 17.5. The summed E-state index contributed by atoms with van der Waals surface area (Å²) in [7, 11) is 0. The highest BCUT2D eigenvalue weighted by Gasteiger charge is 2.24. The van der Waals surface area contributed by atoms with Crippen LogP contribution in [0.15, 0.2) is 47.7 Å². The molecule has 6 nitrogen and oxygen atoms in total. The maximum atomic E-state index is 4.99. The van der Waals surface area contributed by atoms with Crippen LogP contribution in [0.3, 0.4) is 0 Å². The van der Waals surface area contributed by atoms with E-state index in [1.165, 1.54) is 11.1 Å². The normalized spacial score (nSPS) is 15.6. The summed E-state index contributed by atoms with van der Waals surface area (Å²) in [5, 5.41) is 3.47. The molecule has 0 aliphatic carbocycles. The lowest BCUT2D eigenvalue weighted by atomic mass is 9.84.